The van der Waals surface area contributed by atoms with Crippen LogP contribution in [0.5, 0.6) is 0 Å². The summed E-state index contributed by atoms with van der Waals surface area (Å²) in [5, 5.41) is 10.3. The van der Waals surface area contributed by atoms with E-state index in [0.29, 0.717) is 17.7 Å². The Hall–Kier alpha value is -1.91. The van der Waals surface area contributed by atoms with Crippen LogP contribution in [0.3, 0.4) is 0 Å². The van der Waals surface area contributed by atoms with E-state index in [1.165, 1.54) is 0 Å². The molecular weight excluding hydrogens is 210 g/mol. The molecule has 1 aromatic rings. The normalized spacial score (nSPS) is 9.81. The summed E-state index contributed by atoms with van der Waals surface area (Å²) in [4.78, 5) is 21.4. The van der Waals surface area contributed by atoms with Crippen LogP contribution in [0, 0.1) is 10.1 Å². The molecular formula is C11H13NO4. The maximum Gasteiger partial charge on any atom is 0.338 e. The maximum atomic E-state index is 11.5. The zero-order valence-electron chi connectivity index (χ0n) is 9.01. The summed E-state index contributed by atoms with van der Waals surface area (Å²) in [6.07, 6.45) is 0.238. The van der Waals surface area contributed by atoms with Gasteiger partial charge in [-0.15, -0.1) is 0 Å². The molecule has 86 valence electrons. The van der Waals surface area contributed by atoms with Gasteiger partial charge in [-0.25, -0.2) is 4.79 Å². The first kappa shape index (κ1) is 12.2. The number of rotatable bonds is 5. The highest BCUT2D eigenvalue weighted by Gasteiger charge is 2.12. The molecule has 1 rings (SSSR count). The Morgan fingerprint density at radius 1 is 1.44 bits per heavy atom. The predicted molar refractivity (Wildman–Crippen MR) is 58.0 cm³/mol. The van der Waals surface area contributed by atoms with Crippen LogP contribution in [0.4, 0.5) is 0 Å². The van der Waals surface area contributed by atoms with Crippen LogP contribution < -0.4 is 0 Å². The van der Waals surface area contributed by atoms with Crippen molar-refractivity contribution in [3.63, 3.8) is 0 Å². The van der Waals surface area contributed by atoms with E-state index in [-0.39, 0.29) is 13.0 Å². The Morgan fingerprint density at radius 2 is 2.12 bits per heavy atom. The van der Waals surface area contributed by atoms with Crippen LogP contribution in [-0.4, -0.2) is 24.0 Å². The molecule has 5 nitrogen and oxygen atoms in total. The Kier molecular flexibility index (Phi) is 4.44. The molecule has 0 aliphatic carbocycles. The van der Waals surface area contributed by atoms with Crippen LogP contribution in [0.15, 0.2) is 24.3 Å². The van der Waals surface area contributed by atoms with Crippen LogP contribution >= 0.6 is 0 Å². The molecule has 0 amide bonds. The molecule has 0 bridgehead atoms. The number of benzene rings is 1. The molecule has 0 unspecified atom stereocenters. The van der Waals surface area contributed by atoms with E-state index in [1.807, 2.05) is 0 Å². The number of ether oxygens (including phenoxy) is 1. The second-order valence-corrected chi connectivity index (χ2v) is 3.18. The van der Waals surface area contributed by atoms with Gasteiger partial charge in [0.1, 0.15) is 0 Å². The number of hydrogen-bond acceptors (Lipinski definition) is 4. The number of carbonyl (C=O) groups is 1. The number of hydrogen-bond donors (Lipinski definition) is 0. The Balaban J connectivity index is 2.82. The van der Waals surface area contributed by atoms with Crippen LogP contribution in [0.1, 0.15) is 22.8 Å². The minimum Gasteiger partial charge on any atom is -0.462 e. The van der Waals surface area contributed by atoms with Gasteiger partial charge in [0.05, 0.1) is 12.2 Å². The third-order valence-corrected chi connectivity index (χ3v) is 2.08. The van der Waals surface area contributed by atoms with Gasteiger partial charge in [-0.05, 0) is 18.6 Å². The molecule has 0 saturated carbocycles. The molecule has 0 aromatic heterocycles. The summed E-state index contributed by atoms with van der Waals surface area (Å²) < 4.78 is 4.87. The monoisotopic (exact) mass is 223 g/mol. The molecule has 0 radical (unpaired) electrons. The fraction of sp³-hybridized carbons (Fsp3) is 0.364. The lowest BCUT2D eigenvalue weighted by Gasteiger charge is -2.06. The fourth-order valence-corrected chi connectivity index (χ4v) is 1.36. The Labute approximate surface area is 93.2 Å². The van der Waals surface area contributed by atoms with Gasteiger partial charge < -0.3 is 4.74 Å². The number of nitrogens with zero attached hydrogens (tertiary/aromatic N) is 1. The highest BCUT2D eigenvalue weighted by molar-refractivity contribution is 5.91. The van der Waals surface area contributed by atoms with Crippen LogP contribution in [0.25, 0.3) is 0 Å². The summed E-state index contributed by atoms with van der Waals surface area (Å²) in [5.41, 5.74) is 1.06. The summed E-state index contributed by atoms with van der Waals surface area (Å²) >= 11 is 0. The van der Waals surface area contributed by atoms with Gasteiger partial charge in [0.15, 0.2) is 0 Å². The van der Waals surface area contributed by atoms with Crippen molar-refractivity contribution < 1.29 is 14.5 Å². The minimum absolute atomic E-state index is 0.184. The van der Waals surface area contributed by atoms with Gasteiger partial charge in [-0.2, -0.15) is 0 Å². The van der Waals surface area contributed by atoms with E-state index < -0.39 is 10.9 Å². The average Bonchev–Trinajstić information content (AvgIpc) is 2.27. The number of esters is 1. The minimum atomic E-state index is -0.429. The molecule has 0 atom stereocenters. The van der Waals surface area contributed by atoms with E-state index in [2.05, 4.69) is 0 Å². The second-order valence-electron chi connectivity index (χ2n) is 3.18. The quantitative estimate of drug-likeness (QED) is 0.432. The van der Waals surface area contributed by atoms with Crippen molar-refractivity contribution in [3.8, 4) is 0 Å². The van der Waals surface area contributed by atoms with Gasteiger partial charge >= 0.3 is 5.97 Å². The van der Waals surface area contributed by atoms with Gasteiger partial charge in [0, 0.05) is 11.3 Å². The van der Waals surface area contributed by atoms with Crippen LogP contribution in [-0.2, 0) is 11.2 Å². The van der Waals surface area contributed by atoms with E-state index in [4.69, 9.17) is 4.74 Å². The van der Waals surface area contributed by atoms with Crippen LogP contribution in [0.2, 0.25) is 0 Å². The molecule has 0 N–H and O–H groups in total. The van der Waals surface area contributed by atoms with Crippen molar-refractivity contribution in [1.29, 1.82) is 0 Å². The van der Waals surface area contributed by atoms with Gasteiger partial charge in [-0.3, -0.25) is 10.1 Å². The lowest BCUT2D eigenvalue weighted by atomic mass is 10.0. The van der Waals surface area contributed by atoms with Crippen molar-refractivity contribution in [2.75, 3.05) is 13.2 Å². The highest BCUT2D eigenvalue weighted by atomic mass is 16.6. The van der Waals surface area contributed by atoms with Crippen molar-refractivity contribution in [3.05, 3.63) is 45.5 Å². The molecule has 1 aromatic carbocycles. The SMILES string of the molecule is CCOC(=O)c1ccccc1CC[N+](=O)[O-]. The van der Waals surface area contributed by atoms with E-state index >= 15 is 0 Å². The van der Waals surface area contributed by atoms with E-state index in [1.54, 1.807) is 31.2 Å². The van der Waals surface area contributed by atoms with Crippen molar-refractivity contribution in [1.82, 2.24) is 0 Å². The summed E-state index contributed by atoms with van der Waals surface area (Å²) in [6, 6.07) is 6.78. The van der Waals surface area contributed by atoms with E-state index in [0.717, 1.165) is 0 Å². The first-order valence-electron chi connectivity index (χ1n) is 5.02. The molecule has 0 heterocycles. The third-order valence-electron chi connectivity index (χ3n) is 2.08. The predicted octanol–water partition coefficient (Wildman–Crippen LogP) is 1.68. The lowest BCUT2D eigenvalue weighted by molar-refractivity contribution is -0.479. The lowest BCUT2D eigenvalue weighted by Crippen LogP contribution is -2.11. The zero-order chi connectivity index (χ0) is 12.0. The largest absolute Gasteiger partial charge is 0.462 e. The first-order chi connectivity index (χ1) is 7.65. The third kappa shape index (κ3) is 3.34. The molecule has 0 saturated heterocycles. The number of nitro groups is 1. The van der Waals surface area contributed by atoms with Gasteiger partial charge in [0.2, 0.25) is 6.54 Å². The van der Waals surface area contributed by atoms with Crippen molar-refractivity contribution >= 4 is 5.97 Å². The number of carbonyl (C=O) groups excluding carboxylic acids is 1. The fourth-order valence-electron chi connectivity index (χ4n) is 1.36. The maximum absolute atomic E-state index is 11.5. The summed E-state index contributed by atoms with van der Waals surface area (Å²) in [6.45, 7) is 1.83. The molecule has 0 aliphatic rings. The highest BCUT2D eigenvalue weighted by Crippen LogP contribution is 2.11. The second kappa shape index (κ2) is 5.85. The first-order valence-corrected chi connectivity index (χ1v) is 5.02. The summed E-state index contributed by atoms with van der Waals surface area (Å²) in [7, 11) is 0. The van der Waals surface area contributed by atoms with Crippen molar-refractivity contribution in [2.24, 2.45) is 0 Å². The molecule has 0 aliphatic heterocycles. The smallest absolute Gasteiger partial charge is 0.338 e. The average molecular weight is 223 g/mol. The zero-order valence-corrected chi connectivity index (χ0v) is 9.01. The molecule has 0 spiro atoms. The Morgan fingerprint density at radius 3 is 2.75 bits per heavy atom. The molecule has 16 heavy (non-hydrogen) atoms. The Bertz CT molecular complexity index is 389. The van der Waals surface area contributed by atoms with E-state index in [9.17, 15) is 14.9 Å². The van der Waals surface area contributed by atoms with Crippen molar-refractivity contribution in [2.45, 2.75) is 13.3 Å². The standard InChI is InChI=1S/C11H13NO4/c1-2-16-11(13)10-6-4-3-5-9(10)7-8-12(14)15/h3-6H,2,7-8H2,1H3. The molecule has 0 fully saturated rings. The topological polar surface area (TPSA) is 69.4 Å². The van der Waals surface area contributed by atoms with Gasteiger partial charge in [-0.1, -0.05) is 18.2 Å². The molecule has 5 heteroatoms. The summed E-state index contributed by atoms with van der Waals surface area (Å²) in [5.74, 6) is -0.429. The van der Waals surface area contributed by atoms with Gasteiger partial charge in [0.25, 0.3) is 0 Å².